The van der Waals surface area contributed by atoms with Crippen LogP contribution in [0, 0.1) is 0 Å². The molecule has 0 aliphatic rings. The van der Waals surface area contributed by atoms with Gasteiger partial charge in [-0.05, 0) is 33.0 Å². The Morgan fingerprint density at radius 3 is 2.92 bits per heavy atom. The average Bonchev–Trinajstić information content (AvgIpc) is 2.09. The molecule has 0 fully saturated rings. The van der Waals surface area contributed by atoms with Crippen molar-refractivity contribution in [1.82, 2.24) is 5.32 Å². The van der Waals surface area contributed by atoms with Gasteiger partial charge in [-0.25, -0.2) is 0 Å². The van der Waals surface area contributed by atoms with E-state index in [4.69, 9.17) is 0 Å². The van der Waals surface area contributed by atoms with Crippen molar-refractivity contribution in [2.75, 3.05) is 20.1 Å². The van der Waals surface area contributed by atoms with Gasteiger partial charge in [-0.2, -0.15) is 0 Å². The van der Waals surface area contributed by atoms with Gasteiger partial charge in [-0.15, -0.1) is 0 Å². The molecule has 1 unspecified atom stereocenters. The lowest BCUT2D eigenvalue weighted by Gasteiger charge is -2.04. The standard InChI is InChI=1S/C9H17IN2/c1-3-4-6-12-8-9(10)5-7-11-2/h3-4,6,9,11H,5,7-8H2,1-2H3/b4-3-,12-6?. The van der Waals surface area contributed by atoms with Crippen LogP contribution in [0.2, 0.25) is 0 Å². The summed E-state index contributed by atoms with van der Waals surface area (Å²) >= 11 is 2.44. The van der Waals surface area contributed by atoms with E-state index < -0.39 is 0 Å². The van der Waals surface area contributed by atoms with E-state index in [1.807, 2.05) is 32.3 Å². The number of allylic oxidation sites excluding steroid dienone is 2. The Hall–Kier alpha value is 0.1000. The maximum Gasteiger partial charge on any atom is 0.0507 e. The maximum atomic E-state index is 4.27. The molecule has 1 atom stereocenters. The Morgan fingerprint density at radius 1 is 1.58 bits per heavy atom. The van der Waals surface area contributed by atoms with Gasteiger partial charge in [0.2, 0.25) is 0 Å². The van der Waals surface area contributed by atoms with Gasteiger partial charge >= 0.3 is 0 Å². The second kappa shape index (κ2) is 9.19. The molecule has 0 aromatic heterocycles. The van der Waals surface area contributed by atoms with Crippen molar-refractivity contribution in [2.24, 2.45) is 4.99 Å². The van der Waals surface area contributed by atoms with E-state index >= 15 is 0 Å². The third-order valence-electron chi connectivity index (χ3n) is 1.40. The first-order valence-corrected chi connectivity index (χ1v) is 5.45. The predicted molar refractivity (Wildman–Crippen MR) is 64.5 cm³/mol. The molecule has 0 saturated carbocycles. The molecule has 0 saturated heterocycles. The zero-order valence-corrected chi connectivity index (χ0v) is 9.91. The normalized spacial score (nSPS) is 14.6. The summed E-state index contributed by atoms with van der Waals surface area (Å²) in [6, 6.07) is 0. The second-order valence-electron chi connectivity index (χ2n) is 2.53. The molecule has 0 aliphatic carbocycles. The molecule has 70 valence electrons. The van der Waals surface area contributed by atoms with Crippen molar-refractivity contribution in [1.29, 1.82) is 0 Å². The molecule has 0 aliphatic heterocycles. The minimum absolute atomic E-state index is 0.650. The number of nitrogens with zero attached hydrogens (tertiary/aromatic N) is 1. The highest BCUT2D eigenvalue weighted by Crippen LogP contribution is 2.04. The lowest BCUT2D eigenvalue weighted by atomic mass is 10.3. The van der Waals surface area contributed by atoms with E-state index in [1.165, 1.54) is 6.42 Å². The van der Waals surface area contributed by atoms with Crippen LogP contribution in [0.4, 0.5) is 0 Å². The fourth-order valence-electron chi connectivity index (χ4n) is 0.714. The van der Waals surface area contributed by atoms with Crippen LogP contribution in [0.1, 0.15) is 13.3 Å². The molecule has 0 heterocycles. The quantitative estimate of drug-likeness (QED) is 0.449. The molecule has 1 N–H and O–H groups in total. The van der Waals surface area contributed by atoms with Gasteiger partial charge in [0.15, 0.2) is 0 Å². The summed E-state index contributed by atoms with van der Waals surface area (Å²) < 4.78 is 0.650. The molecule has 0 amide bonds. The third-order valence-corrected chi connectivity index (χ3v) is 2.41. The Balaban J connectivity index is 3.35. The molecule has 0 spiro atoms. The first kappa shape index (κ1) is 12.1. The van der Waals surface area contributed by atoms with E-state index in [-0.39, 0.29) is 0 Å². The van der Waals surface area contributed by atoms with Gasteiger partial charge in [0, 0.05) is 10.1 Å². The van der Waals surface area contributed by atoms with Gasteiger partial charge in [0.05, 0.1) is 6.54 Å². The van der Waals surface area contributed by atoms with Gasteiger partial charge < -0.3 is 5.32 Å². The minimum atomic E-state index is 0.650. The van der Waals surface area contributed by atoms with Crippen molar-refractivity contribution in [3.63, 3.8) is 0 Å². The monoisotopic (exact) mass is 280 g/mol. The van der Waals surface area contributed by atoms with Crippen molar-refractivity contribution >= 4 is 28.8 Å². The van der Waals surface area contributed by atoms with Gasteiger partial charge in [0.1, 0.15) is 0 Å². The second-order valence-corrected chi connectivity index (χ2v) is 4.29. The van der Waals surface area contributed by atoms with E-state index in [0.717, 1.165) is 13.1 Å². The molecule has 0 rings (SSSR count). The first-order chi connectivity index (χ1) is 5.81. The molecule has 0 aromatic rings. The molecule has 0 radical (unpaired) electrons. The molecular formula is C9H17IN2. The lowest BCUT2D eigenvalue weighted by molar-refractivity contribution is 0.711. The van der Waals surface area contributed by atoms with Crippen molar-refractivity contribution in [3.8, 4) is 0 Å². The van der Waals surface area contributed by atoms with E-state index in [2.05, 4.69) is 32.9 Å². The fraction of sp³-hybridized carbons (Fsp3) is 0.667. The number of rotatable bonds is 6. The Bertz CT molecular complexity index is 143. The number of halogens is 1. The van der Waals surface area contributed by atoms with Crippen LogP contribution in [0.25, 0.3) is 0 Å². The highest BCUT2D eigenvalue weighted by atomic mass is 127. The van der Waals surface area contributed by atoms with Crippen LogP contribution in [-0.4, -0.2) is 30.3 Å². The summed E-state index contributed by atoms with van der Waals surface area (Å²) in [5, 5.41) is 3.13. The molecule has 0 aromatic carbocycles. The van der Waals surface area contributed by atoms with Gasteiger partial charge in [0.25, 0.3) is 0 Å². The summed E-state index contributed by atoms with van der Waals surface area (Å²) in [7, 11) is 1.98. The van der Waals surface area contributed by atoms with Gasteiger partial charge in [-0.1, -0.05) is 28.7 Å². The van der Waals surface area contributed by atoms with Crippen LogP contribution in [0.5, 0.6) is 0 Å². The Labute approximate surface area is 88.7 Å². The summed E-state index contributed by atoms with van der Waals surface area (Å²) in [4.78, 5) is 4.27. The number of aliphatic imine (C=N–C) groups is 1. The van der Waals surface area contributed by atoms with Crippen molar-refractivity contribution in [2.45, 2.75) is 17.3 Å². The molecule has 2 nitrogen and oxygen atoms in total. The highest BCUT2D eigenvalue weighted by Gasteiger charge is 1.99. The van der Waals surface area contributed by atoms with E-state index in [0.29, 0.717) is 3.92 Å². The molecule has 3 heteroatoms. The fourth-order valence-corrected chi connectivity index (χ4v) is 1.25. The largest absolute Gasteiger partial charge is 0.320 e. The Kier molecular flexibility index (Phi) is 9.27. The summed E-state index contributed by atoms with van der Waals surface area (Å²) in [6.07, 6.45) is 7.00. The number of alkyl halides is 1. The number of nitrogens with one attached hydrogen (secondary N) is 1. The molecule has 0 bridgehead atoms. The number of hydrogen-bond donors (Lipinski definition) is 1. The summed E-state index contributed by atoms with van der Waals surface area (Å²) in [5.41, 5.74) is 0. The van der Waals surface area contributed by atoms with Crippen LogP contribution < -0.4 is 5.32 Å². The minimum Gasteiger partial charge on any atom is -0.320 e. The third kappa shape index (κ3) is 8.20. The van der Waals surface area contributed by atoms with Crippen molar-refractivity contribution in [3.05, 3.63) is 12.2 Å². The number of hydrogen-bond acceptors (Lipinski definition) is 2. The summed E-state index contributed by atoms with van der Waals surface area (Å²) in [6.45, 7) is 3.99. The van der Waals surface area contributed by atoms with Crippen LogP contribution in [0.3, 0.4) is 0 Å². The average molecular weight is 280 g/mol. The first-order valence-electron chi connectivity index (χ1n) is 4.21. The smallest absolute Gasteiger partial charge is 0.0507 e. The topological polar surface area (TPSA) is 24.4 Å². The maximum absolute atomic E-state index is 4.27. The predicted octanol–water partition coefficient (Wildman–Crippen LogP) is 2.05. The molecule has 12 heavy (non-hydrogen) atoms. The zero-order chi connectivity index (χ0) is 9.23. The van der Waals surface area contributed by atoms with E-state index in [1.54, 1.807) is 0 Å². The lowest BCUT2D eigenvalue weighted by Crippen LogP contribution is -2.14. The molecular weight excluding hydrogens is 263 g/mol. The van der Waals surface area contributed by atoms with Gasteiger partial charge in [-0.3, -0.25) is 4.99 Å². The van der Waals surface area contributed by atoms with E-state index in [9.17, 15) is 0 Å². The SMILES string of the molecule is C/C=C\C=NCC(I)CCNC. The van der Waals surface area contributed by atoms with Crippen LogP contribution in [-0.2, 0) is 0 Å². The van der Waals surface area contributed by atoms with Crippen LogP contribution in [0.15, 0.2) is 17.1 Å². The van der Waals surface area contributed by atoms with Crippen molar-refractivity contribution < 1.29 is 0 Å². The zero-order valence-electron chi connectivity index (χ0n) is 7.76. The van der Waals surface area contributed by atoms with Crippen LogP contribution >= 0.6 is 22.6 Å². The highest BCUT2D eigenvalue weighted by molar-refractivity contribution is 14.1. The summed E-state index contributed by atoms with van der Waals surface area (Å²) in [5.74, 6) is 0. The Morgan fingerprint density at radius 2 is 2.33 bits per heavy atom.